The molecule has 1 aromatic carbocycles. The molecule has 0 aliphatic carbocycles. The van der Waals surface area contributed by atoms with Gasteiger partial charge in [-0.3, -0.25) is 0 Å². The lowest BCUT2D eigenvalue weighted by Gasteiger charge is -1.85. The second-order valence-electron chi connectivity index (χ2n) is 1.35. The van der Waals surface area contributed by atoms with Crippen molar-refractivity contribution in [3.63, 3.8) is 0 Å². The van der Waals surface area contributed by atoms with Crippen LogP contribution in [0.5, 0.6) is 0 Å². The molecule has 0 aliphatic heterocycles. The van der Waals surface area contributed by atoms with Gasteiger partial charge in [-0.1, -0.05) is 22.0 Å². The van der Waals surface area contributed by atoms with Crippen LogP contribution in [0.4, 0.5) is 4.39 Å². The van der Waals surface area contributed by atoms with Crippen molar-refractivity contribution >= 4 is 15.9 Å². The van der Waals surface area contributed by atoms with E-state index >= 15 is 0 Å². The van der Waals surface area contributed by atoms with Crippen LogP contribution in [0.2, 0.25) is 0 Å². The Morgan fingerprint density at radius 1 is 1.75 bits per heavy atom. The summed E-state index contributed by atoms with van der Waals surface area (Å²) >= 11 is 3.02. The highest BCUT2D eigenvalue weighted by atomic mass is 79.9. The summed E-state index contributed by atoms with van der Waals surface area (Å²) in [6.45, 7) is 0. The molecule has 0 saturated carbocycles. The van der Waals surface area contributed by atoms with E-state index in [9.17, 15) is 4.39 Å². The fraction of sp³-hybridized carbons (Fsp3) is 0. The maximum Gasteiger partial charge on any atom is 0.124 e. The summed E-state index contributed by atoms with van der Waals surface area (Å²) in [7, 11) is 0. The number of hydrogen-bond donors (Lipinski definition) is 0. The minimum absolute atomic E-state index is 0.302. The quantitative estimate of drug-likeness (QED) is 0.569. The second-order valence-corrected chi connectivity index (χ2v) is 2.21. The predicted octanol–water partition coefficient (Wildman–Crippen LogP) is 2.59. The second kappa shape index (κ2) is 2.27. The van der Waals surface area contributed by atoms with E-state index in [1.165, 1.54) is 18.2 Å². The van der Waals surface area contributed by atoms with E-state index in [1.807, 2.05) is 0 Å². The normalized spacial score (nSPS) is 11.0. The molecule has 0 aromatic heterocycles. The Balaban J connectivity index is 3.17. The molecular formula is C6H4BrF. The van der Waals surface area contributed by atoms with E-state index in [2.05, 4.69) is 15.9 Å². The fourth-order valence-electron chi connectivity index (χ4n) is 0.412. The molecule has 0 saturated heterocycles. The van der Waals surface area contributed by atoms with E-state index in [-0.39, 0.29) is 5.82 Å². The van der Waals surface area contributed by atoms with E-state index in [4.69, 9.17) is 1.37 Å². The van der Waals surface area contributed by atoms with Crippen molar-refractivity contribution in [3.05, 3.63) is 34.5 Å². The van der Waals surface area contributed by atoms with Crippen LogP contribution >= 0.6 is 15.9 Å². The molecule has 8 heavy (non-hydrogen) atoms. The SMILES string of the molecule is [2H]c1ccc(F)cc1Br. The fourth-order valence-corrected chi connectivity index (χ4v) is 0.763. The van der Waals surface area contributed by atoms with Gasteiger partial charge in [-0.15, -0.1) is 0 Å². The van der Waals surface area contributed by atoms with Gasteiger partial charge in [0.05, 0.1) is 1.37 Å². The van der Waals surface area contributed by atoms with E-state index in [1.54, 1.807) is 0 Å². The Labute approximate surface area is 56.9 Å². The van der Waals surface area contributed by atoms with Crippen LogP contribution in [0.1, 0.15) is 1.37 Å². The Morgan fingerprint density at radius 3 is 3.00 bits per heavy atom. The molecular weight excluding hydrogens is 171 g/mol. The highest BCUT2D eigenvalue weighted by Crippen LogP contribution is 2.09. The van der Waals surface area contributed by atoms with Gasteiger partial charge in [-0.05, 0) is 18.2 Å². The first-order valence-corrected chi connectivity index (χ1v) is 2.91. The molecule has 1 aromatic rings. The first-order chi connectivity index (χ1) is 4.20. The zero-order valence-corrected chi connectivity index (χ0v) is 5.57. The zero-order valence-electron chi connectivity index (χ0n) is 4.99. The summed E-state index contributed by atoms with van der Waals surface area (Å²) < 4.78 is 19.8. The standard InChI is InChI=1S/C6H4BrF/c7-5-2-1-3-6(8)4-5/h1-4H/i2D. The van der Waals surface area contributed by atoms with Crippen LogP contribution in [-0.4, -0.2) is 0 Å². The molecule has 0 unspecified atom stereocenters. The van der Waals surface area contributed by atoms with Crippen LogP contribution in [0.25, 0.3) is 0 Å². The van der Waals surface area contributed by atoms with E-state index in [0.717, 1.165) is 0 Å². The monoisotopic (exact) mass is 175 g/mol. The molecule has 1 rings (SSSR count). The van der Waals surface area contributed by atoms with Crippen molar-refractivity contribution in [1.82, 2.24) is 0 Å². The molecule has 0 radical (unpaired) electrons. The maximum atomic E-state index is 12.2. The predicted molar refractivity (Wildman–Crippen MR) is 34.1 cm³/mol. The lowest BCUT2D eigenvalue weighted by Crippen LogP contribution is -1.68. The molecule has 0 amide bonds. The summed E-state index contributed by atoms with van der Waals surface area (Å²) in [5, 5.41) is 0. The summed E-state index contributed by atoms with van der Waals surface area (Å²) in [6, 6.07) is 4.23. The zero-order chi connectivity index (χ0) is 6.85. The number of halogens is 2. The summed E-state index contributed by atoms with van der Waals surface area (Å²) in [4.78, 5) is 0. The lowest BCUT2D eigenvalue weighted by molar-refractivity contribution is 0.627. The molecule has 0 fully saturated rings. The van der Waals surface area contributed by atoms with Gasteiger partial charge in [-0.25, -0.2) is 4.39 Å². The van der Waals surface area contributed by atoms with Gasteiger partial charge in [0.1, 0.15) is 5.82 Å². The van der Waals surface area contributed by atoms with Crippen LogP contribution < -0.4 is 0 Å². The number of benzene rings is 1. The Morgan fingerprint density at radius 2 is 2.50 bits per heavy atom. The van der Waals surface area contributed by atoms with Crippen LogP contribution in [0.3, 0.4) is 0 Å². The smallest absolute Gasteiger partial charge is 0.124 e. The highest BCUT2D eigenvalue weighted by Gasteiger charge is 1.86. The van der Waals surface area contributed by atoms with Gasteiger partial charge in [0, 0.05) is 4.47 Å². The Kier molecular flexibility index (Phi) is 1.28. The van der Waals surface area contributed by atoms with Gasteiger partial charge in [-0.2, -0.15) is 0 Å². The van der Waals surface area contributed by atoms with Crippen molar-refractivity contribution < 1.29 is 5.76 Å². The third kappa shape index (κ3) is 1.30. The topological polar surface area (TPSA) is 0 Å². The molecule has 0 nitrogen and oxygen atoms in total. The van der Waals surface area contributed by atoms with Crippen LogP contribution in [-0.2, 0) is 0 Å². The first kappa shape index (κ1) is 4.50. The molecule has 2 heteroatoms. The average Bonchev–Trinajstić information content (AvgIpc) is 1.80. The molecule has 0 N–H and O–H groups in total. The summed E-state index contributed by atoms with van der Waals surface area (Å²) in [5.74, 6) is -0.321. The van der Waals surface area contributed by atoms with Crippen molar-refractivity contribution in [2.24, 2.45) is 0 Å². The van der Waals surface area contributed by atoms with Crippen molar-refractivity contribution in [2.45, 2.75) is 0 Å². The van der Waals surface area contributed by atoms with Gasteiger partial charge in [0.15, 0.2) is 0 Å². The van der Waals surface area contributed by atoms with Crippen LogP contribution in [0, 0.1) is 5.82 Å². The average molecular weight is 176 g/mol. The third-order valence-corrected chi connectivity index (χ3v) is 1.19. The van der Waals surface area contributed by atoms with Crippen LogP contribution in [0.15, 0.2) is 28.7 Å². The molecule has 0 heterocycles. The Hall–Kier alpha value is -0.370. The summed E-state index contributed by atoms with van der Waals surface area (Å²) in [6.07, 6.45) is 0. The van der Waals surface area contributed by atoms with Gasteiger partial charge in [0.25, 0.3) is 0 Å². The maximum absolute atomic E-state index is 12.2. The highest BCUT2D eigenvalue weighted by molar-refractivity contribution is 9.10. The van der Waals surface area contributed by atoms with Crippen molar-refractivity contribution in [3.8, 4) is 0 Å². The minimum atomic E-state index is -0.321. The molecule has 0 atom stereocenters. The van der Waals surface area contributed by atoms with E-state index < -0.39 is 0 Å². The van der Waals surface area contributed by atoms with Crippen molar-refractivity contribution in [2.75, 3.05) is 0 Å². The molecule has 0 spiro atoms. The number of rotatable bonds is 0. The van der Waals surface area contributed by atoms with Gasteiger partial charge >= 0.3 is 0 Å². The summed E-state index contributed by atoms with van der Waals surface area (Å²) in [5.41, 5.74) is 0. The molecule has 0 aliphatic rings. The lowest BCUT2D eigenvalue weighted by atomic mass is 10.4. The van der Waals surface area contributed by atoms with Gasteiger partial charge < -0.3 is 0 Å². The number of hydrogen-bond acceptors (Lipinski definition) is 0. The molecule has 0 bridgehead atoms. The first-order valence-electron chi connectivity index (χ1n) is 2.62. The van der Waals surface area contributed by atoms with Gasteiger partial charge in [0.2, 0.25) is 0 Å². The Bertz CT molecular complexity index is 224. The molecule has 42 valence electrons. The third-order valence-electron chi connectivity index (χ3n) is 0.728. The van der Waals surface area contributed by atoms with Crippen molar-refractivity contribution in [1.29, 1.82) is 0 Å². The van der Waals surface area contributed by atoms with E-state index in [0.29, 0.717) is 10.5 Å². The largest absolute Gasteiger partial charge is 0.207 e. The minimum Gasteiger partial charge on any atom is -0.207 e.